The highest BCUT2D eigenvalue weighted by Gasteiger charge is 2.34. The van der Waals surface area contributed by atoms with Crippen molar-refractivity contribution in [1.29, 1.82) is 0 Å². The maximum absolute atomic E-state index is 2.46. The van der Waals surface area contributed by atoms with Crippen LogP contribution in [0.4, 0.5) is 0 Å². The highest BCUT2D eigenvalue weighted by molar-refractivity contribution is 4.85. The number of hydrogen-bond donors (Lipinski definition) is 0. The fourth-order valence-electron chi connectivity index (χ4n) is 4.26. The number of rotatable bonds is 4. The summed E-state index contributed by atoms with van der Waals surface area (Å²) in [6, 6.07) is 0. The molecule has 0 aliphatic heterocycles. The second-order valence-electron chi connectivity index (χ2n) is 7.90. The first-order valence-electron chi connectivity index (χ1n) is 7.24. The molecule has 1 saturated carbocycles. The Kier molecular flexibility index (Phi) is 4.49. The zero-order valence-corrected chi connectivity index (χ0v) is 12.4. The van der Waals surface area contributed by atoms with Gasteiger partial charge in [-0.3, -0.25) is 0 Å². The predicted octanol–water partition coefficient (Wildman–Crippen LogP) is 5.67. The second kappa shape index (κ2) is 5.10. The van der Waals surface area contributed by atoms with E-state index in [9.17, 15) is 0 Å². The second-order valence-corrected chi connectivity index (χ2v) is 7.90. The van der Waals surface area contributed by atoms with Crippen molar-refractivity contribution >= 4 is 0 Å². The first-order valence-corrected chi connectivity index (χ1v) is 7.24. The van der Waals surface area contributed by atoms with E-state index in [1.807, 2.05) is 0 Å². The molecule has 0 aromatic carbocycles. The van der Waals surface area contributed by atoms with Gasteiger partial charge in [0.2, 0.25) is 0 Å². The van der Waals surface area contributed by atoms with Crippen molar-refractivity contribution in [3.8, 4) is 0 Å². The predicted molar refractivity (Wildman–Crippen MR) is 73.6 cm³/mol. The van der Waals surface area contributed by atoms with Gasteiger partial charge in [0.1, 0.15) is 0 Å². The van der Waals surface area contributed by atoms with Gasteiger partial charge in [0, 0.05) is 0 Å². The molecule has 0 nitrogen and oxygen atoms in total. The fraction of sp³-hybridized carbons (Fsp3) is 1.00. The molecule has 96 valence electrons. The molecule has 1 rings (SSSR count). The van der Waals surface area contributed by atoms with E-state index in [4.69, 9.17) is 0 Å². The summed E-state index contributed by atoms with van der Waals surface area (Å²) in [6.07, 6.45) is 8.50. The van der Waals surface area contributed by atoms with Crippen LogP contribution in [0.2, 0.25) is 0 Å². The van der Waals surface area contributed by atoms with Crippen molar-refractivity contribution < 1.29 is 0 Å². The molecule has 2 atom stereocenters. The smallest absolute Gasteiger partial charge is 0.0349 e. The van der Waals surface area contributed by atoms with Crippen LogP contribution in [-0.4, -0.2) is 0 Å². The Labute approximate surface area is 103 Å². The lowest BCUT2D eigenvalue weighted by molar-refractivity contribution is 0.0964. The van der Waals surface area contributed by atoms with Gasteiger partial charge < -0.3 is 0 Å². The maximum Gasteiger partial charge on any atom is -0.0349 e. The summed E-state index contributed by atoms with van der Waals surface area (Å²) in [7, 11) is 0. The molecular weight excluding hydrogens is 192 g/mol. The average Bonchev–Trinajstić information content (AvgIpc) is 1.96. The van der Waals surface area contributed by atoms with Gasteiger partial charge in [-0.2, -0.15) is 0 Å². The van der Waals surface area contributed by atoms with Gasteiger partial charge in [0.05, 0.1) is 0 Å². The normalized spacial score (nSPS) is 30.4. The van der Waals surface area contributed by atoms with Crippen LogP contribution in [0.5, 0.6) is 0 Å². The third-order valence-corrected chi connectivity index (χ3v) is 4.25. The molecule has 1 aliphatic rings. The average molecular weight is 224 g/mol. The van der Waals surface area contributed by atoms with Crippen molar-refractivity contribution in [3.05, 3.63) is 0 Å². The minimum atomic E-state index is 0.562. The van der Waals surface area contributed by atoms with Crippen LogP contribution >= 0.6 is 0 Å². The molecule has 0 radical (unpaired) electrons. The van der Waals surface area contributed by atoms with E-state index >= 15 is 0 Å². The standard InChI is InChI=1S/C16H32/c1-7-8-15(3,4)11-14-9-13(2)10-16(5,6)12-14/h13-14H,7-12H2,1-6H3. The Morgan fingerprint density at radius 1 is 1.19 bits per heavy atom. The van der Waals surface area contributed by atoms with E-state index in [0.29, 0.717) is 10.8 Å². The minimum Gasteiger partial charge on any atom is -0.0654 e. The highest BCUT2D eigenvalue weighted by atomic mass is 14.4. The van der Waals surface area contributed by atoms with Crippen LogP contribution in [0.15, 0.2) is 0 Å². The van der Waals surface area contributed by atoms with Crippen molar-refractivity contribution in [1.82, 2.24) is 0 Å². The maximum atomic E-state index is 2.46. The first kappa shape index (κ1) is 14.1. The van der Waals surface area contributed by atoms with Crippen molar-refractivity contribution in [2.24, 2.45) is 22.7 Å². The lowest BCUT2D eigenvalue weighted by Gasteiger charge is -2.42. The van der Waals surface area contributed by atoms with Crippen LogP contribution in [0.1, 0.15) is 80.1 Å². The molecule has 0 saturated heterocycles. The molecule has 0 heterocycles. The fourth-order valence-corrected chi connectivity index (χ4v) is 4.26. The monoisotopic (exact) mass is 224 g/mol. The van der Waals surface area contributed by atoms with E-state index in [1.165, 1.54) is 38.5 Å². The van der Waals surface area contributed by atoms with Crippen LogP contribution in [0.3, 0.4) is 0 Å². The zero-order chi connectivity index (χ0) is 12.4. The van der Waals surface area contributed by atoms with Gasteiger partial charge in [-0.15, -0.1) is 0 Å². The molecule has 0 aromatic heterocycles. The highest BCUT2D eigenvalue weighted by Crippen LogP contribution is 2.46. The quantitative estimate of drug-likeness (QED) is 0.577. The summed E-state index contributed by atoms with van der Waals surface area (Å²) < 4.78 is 0. The van der Waals surface area contributed by atoms with E-state index in [0.717, 1.165) is 11.8 Å². The molecule has 0 heteroatoms. The first-order chi connectivity index (χ1) is 7.24. The van der Waals surface area contributed by atoms with E-state index in [-0.39, 0.29) is 0 Å². The molecule has 2 unspecified atom stereocenters. The van der Waals surface area contributed by atoms with Crippen LogP contribution < -0.4 is 0 Å². The topological polar surface area (TPSA) is 0 Å². The molecule has 16 heavy (non-hydrogen) atoms. The summed E-state index contributed by atoms with van der Waals surface area (Å²) in [6.45, 7) is 14.6. The number of hydrogen-bond acceptors (Lipinski definition) is 0. The lowest BCUT2D eigenvalue weighted by Crippen LogP contribution is -2.30. The molecule has 0 bridgehead atoms. The van der Waals surface area contributed by atoms with Gasteiger partial charge in [0.25, 0.3) is 0 Å². The summed E-state index contributed by atoms with van der Waals surface area (Å²) >= 11 is 0. The SMILES string of the molecule is CCCC(C)(C)CC1CC(C)CC(C)(C)C1. The van der Waals surface area contributed by atoms with Crippen molar-refractivity contribution in [2.45, 2.75) is 80.1 Å². The summed E-state index contributed by atoms with van der Waals surface area (Å²) in [5, 5.41) is 0. The zero-order valence-electron chi connectivity index (χ0n) is 12.4. The van der Waals surface area contributed by atoms with Gasteiger partial charge >= 0.3 is 0 Å². The Bertz CT molecular complexity index is 212. The Morgan fingerprint density at radius 3 is 2.31 bits per heavy atom. The molecule has 1 aliphatic carbocycles. The van der Waals surface area contributed by atoms with Crippen LogP contribution in [0.25, 0.3) is 0 Å². The molecule has 0 aromatic rings. The largest absolute Gasteiger partial charge is 0.0654 e. The summed E-state index contributed by atoms with van der Waals surface area (Å²) in [5.41, 5.74) is 1.15. The van der Waals surface area contributed by atoms with Gasteiger partial charge in [0.15, 0.2) is 0 Å². The van der Waals surface area contributed by atoms with Gasteiger partial charge in [-0.25, -0.2) is 0 Å². The Morgan fingerprint density at radius 2 is 1.81 bits per heavy atom. The Balaban J connectivity index is 2.54. The van der Waals surface area contributed by atoms with Gasteiger partial charge in [-0.05, 0) is 54.8 Å². The van der Waals surface area contributed by atoms with Crippen LogP contribution in [0, 0.1) is 22.7 Å². The van der Waals surface area contributed by atoms with Crippen molar-refractivity contribution in [2.75, 3.05) is 0 Å². The van der Waals surface area contributed by atoms with Crippen molar-refractivity contribution in [3.63, 3.8) is 0 Å². The molecule has 0 amide bonds. The third kappa shape index (κ3) is 4.47. The van der Waals surface area contributed by atoms with E-state index in [1.54, 1.807) is 0 Å². The van der Waals surface area contributed by atoms with E-state index in [2.05, 4.69) is 41.5 Å². The minimum absolute atomic E-state index is 0.562. The van der Waals surface area contributed by atoms with Gasteiger partial charge in [-0.1, -0.05) is 48.0 Å². The molecule has 1 fully saturated rings. The summed E-state index contributed by atoms with van der Waals surface area (Å²) in [4.78, 5) is 0. The summed E-state index contributed by atoms with van der Waals surface area (Å²) in [5.74, 6) is 1.91. The lowest BCUT2D eigenvalue weighted by atomic mass is 9.64. The molecule has 0 N–H and O–H groups in total. The molecule has 0 spiro atoms. The van der Waals surface area contributed by atoms with Crippen LogP contribution in [-0.2, 0) is 0 Å². The molecular formula is C16H32. The Hall–Kier alpha value is 0. The van der Waals surface area contributed by atoms with E-state index < -0.39 is 0 Å². The third-order valence-electron chi connectivity index (χ3n) is 4.25.